The molecule has 0 fully saturated rings. The Morgan fingerprint density at radius 1 is 1.03 bits per heavy atom. The lowest BCUT2D eigenvalue weighted by molar-refractivity contribution is -0.118. The molecule has 0 aromatic heterocycles. The molecule has 0 saturated heterocycles. The van der Waals surface area contributed by atoms with Crippen LogP contribution in [-0.4, -0.2) is 18.4 Å². The molecule has 3 aromatic carbocycles. The van der Waals surface area contributed by atoms with E-state index in [-0.39, 0.29) is 18.1 Å². The highest BCUT2D eigenvalue weighted by molar-refractivity contribution is 9.11. The number of aryl methyl sites for hydroxylation is 1. The first-order chi connectivity index (χ1) is 16.2. The molecule has 6 nitrogen and oxygen atoms in total. The van der Waals surface area contributed by atoms with E-state index in [1.807, 2.05) is 37.3 Å². The summed E-state index contributed by atoms with van der Waals surface area (Å²) in [5.41, 5.74) is 2.74. The number of carbonyl (C=O) groups excluding carboxylic acids is 2. The quantitative estimate of drug-likeness (QED) is 0.231. The Bertz CT molecular complexity index is 1280. The van der Waals surface area contributed by atoms with E-state index >= 15 is 0 Å². The fourth-order valence-corrected chi connectivity index (χ4v) is 4.49. The molecule has 2 amide bonds. The Kier molecular flexibility index (Phi) is 8.88. The van der Waals surface area contributed by atoms with Gasteiger partial charge in [0.25, 0.3) is 11.8 Å². The van der Waals surface area contributed by atoms with E-state index in [1.54, 1.807) is 36.4 Å². The van der Waals surface area contributed by atoms with E-state index in [4.69, 9.17) is 16.3 Å². The standard InChI is InChI=1S/C25H18Br2ClN3O3/c1-15-5-7-19(8-6-15)30-23(32)14-34-24-21(26)10-16(11-22(24)27)9-17(13-29)25(33)31-20-4-2-3-18(28)12-20/h2-12H,14H2,1H3,(H,30,32)(H,31,33)/b17-9+. The van der Waals surface area contributed by atoms with Crippen molar-refractivity contribution in [1.29, 1.82) is 5.26 Å². The molecular formula is C25H18Br2ClN3O3. The third kappa shape index (κ3) is 7.19. The summed E-state index contributed by atoms with van der Waals surface area (Å²) in [6, 6.07) is 19.3. The fraction of sp³-hybridized carbons (Fsp3) is 0.0800. The SMILES string of the molecule is Cc1ccc(NC(=O)COc2c(Br)cc(/C=C(\C#N)C(=O)Nc3cccc(Cl)c3)cc2Br)cc1. The van der Waals surface area contributed by atoms with Gasteiger partial charge in [-0.05, 0) is 92.9 Å². The third-order valence-corrected chi connectivity index (χ3v) is 5.88. The number of hydrogen-bond acceptors (Lipinski definition) is 4. The summed E-state index contributed by atoms with van der Waals surface area (Å²) in [5, 5.41) is 15.3. The van der Waals surface area contributed by atoms with Crippen molar-refractivity contribution in [3.05, 3.63) is 91.3 Å². The minimum atomic E-state index is -0.565. The molecule has 0 aliphatic rings. The Morgan fingerprint density at radius 2 is 1.71 bits per heavy atom. The van der Waals surface area contributed by atoms with E-state index in [0.717, 1.165) is 5.56 Å². The molecule has 34 heavy (non-hydrogen) atoms. The smallest absolute Gasteiger partial charge is 0.266 e. The van der Waals surface area contributed by atoms with Gasteiger partial charge in [-0.15, -0.1) is 0 Å². The lowest BCUT2D eigenvalue weighted by atomic mass is 10.1. The second-order valence-corrected chi connectivity index (χ2v) is 9.30. The Labute approximate surface area is 218 Å². The maximum atomic E-state index is 12.5. The van der Waals surface area contributed by atoms with Gasteiger partial charge in [-0.2, -0.15) is 5.26 Å². The molecule has 0 aliphatic heterocycles. The molecule has 9 heteroatoms. The van der Waals surface area contributed by atoms with Crippen LogP contribution in [0.2, 0.25) is 5.02 Å². The summed E-state index contributed by atoms with van der Waals surface area (Å²) in [6.07, 6.45) is 1.45. The van der Waals surface area contributed by atoms with Gasteiger partial charge in [0.1, 0.15) is 17.4 Å². The van der Waals surface area contributed by atoms with Crippen LogP contribution in [0.3, 0.4) is 0 Å². The van der Waals surface area contributed by atoms with Crippen molar-refractivity contribution < 1.29 is 14.3 Å². The van der Waals surface area contributed by atoms with Crippen LogP contribution >= 0.6 is 43.5 Å². The van der Waals surface area contributed by atoms with E-state index in [0.29, 0.717) is 36.7 Å². The van der Waals surface area contributed by atoms with Crippen LogP contribution in [0.5, 0.6) is 5.75 Å². The number of rotatable bonds is 7. The molecule has 2 N–H and O–H groups in total. The molecule has 3 aromatic rings. The molecular weight excluding hydrogens is 586 g/mol. The number of anilines is 2. The van der Waals surface area contributed by atoms with Crippen molar-refractivity contribution in [2.24, 2.45) is 0 Å². The van der Waals surface area contributed by atoms with Gasteiger partial charge < -0.3 is 15.4 Å². The second kappa shape index (κ2) is 11.8. The van der Waals surface area contributed by atoms with Crippen LogP contribution in [0.4, 0.5) is 11.4 Å². The summed E-state index contributed by atoms with van der Waals surface area (Å²) in [6.45, 7) is 1.76. The normalized spacial score (nSPS) is 10.9. The number of nitriles is 1. The highest BCUT2D eigenvalue weighted by Crippen LogP contribution is 2.35. The van der Waals surface area contributed by atoms with Crippen molar-refractivity contribution >= 4 is 72.7 Å². The average Bonchev–Trinajstić information content (AvgIpc) is 2.78. The Balaban J connectivity index is 1.69. The molecule has 0 atom stereocenters. The zero-order chi connectivity index (χ0) is 24.7. The van der Waals surface area contributed by atoms with Gasteiger partial charge >= 0.3 is 0 Å². The van der Waals surface area contributed by atoms with E-state index in [2.05, 4.69) is 42.5 Å². The van der Waals surface area contributed by atoms with Gasteiger partial charge in [0, 0.05) is 16.4 Å². The van der Waals surface area contributed by atoms with Crippen molar-refractivity contribution in [2.45, 2.75) is 6.92 Å². The van der Waals surface area contributed by atoms with Gasteiger partial charge in [-0.1, -0.05) is 35.4 Å². The number of ether oxygens (including phenoxy) is 1. The first-order valence-electron chi connectivity index (χ1n) is 9.92. The molecule has 0 unspecified atom stereocenters. The first-order valence-corrected chi connectivity index (χ1v) is 11.9. The fourth-order valence-electron chi connectivity index (χ4n) is 2.85. The van der Waals surface area contributed by atoms with Crippen LogP contribution in [0.15, 0.2) is 75.2 Å². The zero-order valence-electron chi connectivity index (χ0n) is 17.9. The number of amides is 2. The first kappa shape index (κ1) is 25.5. The maximum absolute atomic E-state index is 12.5. The van der Waals surface area contributed by atoms with Crippen LogP contribution in [0.25, 0.3) is 6.08 Å². The van der Waals surface area contributed by atoms with Crippen molar-refractivity contribution in [3.8, 4) is 11.8 Å². The topological polar surface area (TPSA) is 91.2 Å². The summed E-state index contributed by atoms with van der Waals surface area (Å²) in [7, 11) is 0. The van der Waals surface area contributed by atoms with Crippen molar-refractivity contribution in [2.75, 3.05) is 17.2 Å². The average molecular weight is 604 g/mol. The second-order valence-electron chi connectivity index (χ2n) is 7.15. The molecule has 0 radical (unpaired) electrons. The molecule has 172 valence electrons. The number of hydrogen-bond donors (Lipinski definition) is 2. The van der Waals surface area contributed by atoms with E-state index in [1.165, 1.54) is 6.08 Å². The van der Waals surface area contributed by atoms with Gasteiger partial charge in [-0.3, -0.25) is 9.59 Å². The Morgan fingerprint density at radius 3 is 2.32 bits per heavy atom. The molecule has 0 bridgehead atoms. The minimum Gasteiger partial charge on any atom is -0.481 e. The zero-order valence-corrected chi connectivity index (χ0v) is 21.8. The molecule has 0 spiro atoms. The maximum Gasteiger partial charge on any atom is 0.266 e. The third-order valence-electron chi connectivity index (χ3n) is 4.46. The number of halogens is 3. The molecule has 0 heterocycles. The lowest BCUT2D eigenvalue weighted by Crippen LogP contribution is -2.20. The van der Waals surface area contributed by atoms with Gasteiger partial charge in [-0.25, -0.2) is 0 Å². The van der Waals surface area contributed by atoms with Gasteiger partial charge in [0.05, 0.1) is 8.95 Å². The number of nitrogens with one attached hydrogen (secondary N) is 2. The van der Waals surface area contributed by atoms with Crippen molar-refractivity contribution in [1.82, 2.24) is 0 Å². The summed E-state index contributed by atoms with van der Waals surface area (Å²) >= 11 is 12.8. The van der Waals surface area contributed by atoms with Crippen LogP contribution < -0.4 is 15.4 Å². The van der Waals surface area contributed by atoms with Gasteiger partial charge in [0.15, 0.2) is 6.61 Å². The number of nitrogens with zero attached hydrogens (tertiary/aromatic N) is 1. The van der Waals surface area contributed by atoms with Crippen LogP contribution in [0, 0.1) is 18.3 Å². The predicted molar refractivity (Wildman–Crippen MR) is 141 cm³/mol. The number of benzene rings is 3. The summed E-state index contributed by atoms with van der Waals surface area (Å²) in [4.78, 5) is 24.7. The highest BCUT2D eigenvalue weighted by Gasteiger charge is 2.14. The largest absolute Gasteiger partial charge is 0.481 e. The predicted octanol–water partition coefficient (Wildman–Crippen LogP) is 6.74. The van der Waals surface area contributed by atoms with Crippen molar-refractivity contribution in [3.63, 3.8) is 0 Å². The summed E-state index contributed by atoms with van der Waals surface area (Å²) < 4.78 is 6.76. The summed E-state index contributed by atoms with van der Waals surface area (Å²) in [5.74, 6) is -0.459. The minimum absolute atomic E-state index is 0.0927. The molecule has 0 saturated carbocycles. The van der Waals surface area contributed by atoms with E-state index < -0.39 is 5.91 Å². The van der Waals surface area contributed by atoms with Gasteiger partial charge in [0.2, 0.25) is 0 Å². The van der Waals surface area contributed by atoms with E-state index in [9.17, 15) is 14.9 Å². The monoisotopic (exact) mass is 601 g/mol. The highest BCUT2D eigenvalue weighted by atomic mass is 79.9. The van der Waals surface area contributed by atoms with Crippen LogP contribution in [0.1, 0.15) is 11.1 Å². The lowest BCUT2D eigenvalue weighted by Gasteiger charge is -2.12. The number of carbonyl (C=O) groups is 2. The van der Waals surface area contributed by atoms with Crippen LogP contribution in [-0.2, 0) is 9.59 Å². The molecule has 0 aliphatic carbocycles. The molecule has 3 rings (SSSR count). The Hall–Kier alpha value is -3.12.